The van der Waals surface area contributed by atoms with E-state index < -0.39 is 41.7 Å². The van der Waals surface area contributed by atoms with Crippen LogP contribution in [0.3, 0.4) is 0 Å². The summed E-state index contributed by atoms with van der Waals surface area (Å²) in [7, 11) is 0. The van der Waals surface area contributed by atoms with Crippen molar-refractivity contribution in [2.75, 3.05) is 18.0 Å². The van der Waals surface area contributed by atoms with Crippen molar-refractivity contribution < 1.29 is 39.1 Å². The van der Waals surface area contributed by atoms with Crippen LogP contribution in [0.2, 0.25) is 0 Å². The standard InChI is InChI=1S/C45H45N3O7/c1-44(2)36(47(26-24-38(49)46-33(43(54)55)28-40(52)53)34-22-20-29-14-10-12-16-31(29)41(34)44)18-8-6-5-7-9-19-37-45(3,4)42-32-17-13-11-15-30(32)21-23-35(42)48(37)27-25-39(50)51/h5-23,33H,24-28H2,1-4H3,(H3-,46,49,50,51,52,53,54,55). The summed E-state index contributed by atoms with van der Waals surface area (Å²) in [6.07, 6.45) is 12.9. The Morgan fingerprint density at radius 2 is 1.40 bits per heavy atom. The van der Waals surface area contributed by atoms with Crippen LogP contribution in [0, 0.1) is 0 Å². The number of hydrogen-bond acceptors (Lipinski definition) is 6. The Morgan fingerprint density at radius 3 is 2.05 bits per heavy atom. The van der Waals surface area contributed by atoms with E-state index in [9.17, 15) is 34.5 Å². The third-order valence-electron chi connectivity index (χ3n) is 10.6. The molecule has 10 nitrogen and oxygen atoms in total. The zero-order valence-corrected chi connectivity index (χ0v) is 31.4. The molecule has 10 heteroatoms. The molecule has 55 heavy (non-hydrogen) atoms. The zero-order valence-electron chi connectivity index (χ0n) is 31.4. The van der Waals surface area contributed by atoms with Gasteiger partial charge in [0.1, 0.15) is 12.5 Å². The van der Waals surface area contributed by atoms with Crippen LogP contribution < -0.4 is 15.3 Å². The highest BCUT2D eigenvalue weighted by molar-refractivity contribution is 6.07. The van der Waals surface area contributed by atoms with Crippen molar-refractivity contribution in [3.8, 4) is 0 Å². The number of nitrogens with one attached hydrogen (secondary N) is 1. The average Bonchev–Trinajstić information content (AvgIpc) is 3.50. The van der Waals surface area contributed by atoms with Crippen molar-refractivity contribution in [3.05, 3.63) is 132 Å². The quantitative estimate of drug-likeness (QED) is 0.101. The number of anilines is 1. The molecule has 1 atom stereocenters. The average molecular weight is 740 g/mol. The summed E-state index contributed by atoms with van der Waals surface area (Å²) >= 11 is 0. The molecule has 2 aliphatic heterocycles. The van der Waals surface area contributed by atoms with Crippen molar-refractivity contribution in [1.29, 1.82) is 0 Å². The fraction of sp³-hybridized carbons (Fsp3) is 0.267. The van der Waals surface area contributed by atoms with E-state index in [2.05, 4.69) is 85.0 Å². The Labute approximate surface area is 320 Å². The van der Waals surface area contributed by atoms with Gasteiger partial charge in [0.25, 0.3) is 0 Å². The van der Waals surface area contributed by atoms with E-state index in [0.717, 1.165) is 49.9 Å². The van der Waals surface area contributed by atoms with E-state index >= 15 is 0 Å². The van der Waals surface area contributed by atoms with Crippen LogP contribution in [0.1, 0.15) is 58.1 Å². The molecule has 1 amide bonds. The van der Waals surface area contributed by atoms with Gasteiger partial charge in [0, 0.05) is 59.9 Å². The van der Waals surface area contributed by atoms with Crippen molar-refractivity contribution in [2.45, 2.75) is 63.8 Å². The number of fused-ring (bicyclic) bond motifs is 6. The summed E-state index contributed by atoms with van der Waals surface area (Å²) in [6, 6.07) is 23.1. The molecule has 0 fully saturated rings. The third-order valence-corrected chi connectivity index (χ3v) is 10.6. The first-order valence-corrected chi connectivity index (χ1v) is 18.3. The van der Waals surface area contributed by atoms with Gasteiger partial charge in [0.05, 0.1) is 5.41 Å². The number of aliphatic carboxylic acids is 3. The summed E-state index contributed by atoms with van der Waals surface area (Å²) in [4.78, 5) is 49.2. The molecule has 4 aromatic rings. The first kappa shape index (κ1) is 38.4. The van der Waals surface area contributed by atoms with Crippen LogP contribution in [-0.4, -0.2) is 63.4 Å². The first-order chi connectivity index (χ1) is 26.2. The molecular weight excluding hydrogens is 695 g/mol. The van der Waals surface area contributed by atoms with Crippen LogP contribution in [0.4, 0.5) is 11.4 Å². The number of carboxylic acids is 3. The van der Waals surface area contributed by atoms with E-state index in [1.807, 2.05) is 72.9 Å². The number of amides is 1. The first-order valence-electron chi connectivity index (χ1n) is 18.3. The Hall–Kier alpha value is -6.29. The number of nitrogens with zero attached hydrogens (tertiary/aromatic N) is 2. The highest BCUT2D eigenvalue weighted by atomic mass is 16.4. The lowest BCUT2D eigenvalue weighted by Gasteiger charge is -2.27. The Kier molecular flexibility index (Phi) is 10.9. The minimum Gasteiger partial charge on any atom is -0.550 e. The molecule has 2 heterocycles. The van der Waals surface area contributed by atoms with E-state index in [-0.39, 0.29) is 24.8 Å². The van der Waals surface area contributed by atoms with Gasteiger partial charge in [-0.25, -0.2) is 4.79 Å². The van der Waals surface area contributed by atoms with Crippen LogP contribution in [0.25, 0.3) is 21.5 Å². The molecule has 2 aliphatic rings. The number of rotatable bonds is 14. The molecule has 0 radical (unpaired) electrons. The summed E-state index contributed by atoms with van der Waals surface area (Å²) in [5.74, 6) is -4.43. The maximum atomic E-state index is 12.9. The topological polar surface area (TPSA) is 150 Å². The van der Waals surface area contributed by atoms with Gasteiger partial charge >= 0.3 is 11.9 Å². The van der Waals surface area contributed by atoms with E-state index in [1.54, 1.807) is 0 Å². The SMILES string of the molecule is CC1(C)C(/C=C/C=C/C=C/C=C2/N(CCC(=O)NC(CC(=O)[O-])C(=O)O)c3ccc4ccccc4c3C2(C)C)=[N+](CCC(=O)O)c2ccc3ccccc3c21. The monoisotopic (exact) mass is 739 g/mol. The Balaban J connectivity index is 1.25. The lowest BCUT2D eigenvalue weighted by molar-refractivity contribution is -0.436. The summed E-state index contributed by atoms with van der Waals surface area (Å²) < 4.78 is 2.12. The van der Waals surface area contributed by atoms with Gasteiger partial charge in [-0.3, -0.25) is 9.59 Å². The predicted molar refractivity (Wildman–Crippen MR) is 213 cm³/mol. The second-order valence-electron chi connectivity index (χ2n) is 14.9. The summed E-state index contributed by atoms with van der Waals surface area (Å²) in [5, 5.41) is 36.8. The highest BCUT2D eigenvalue weighted by Gasteiger charge is 2.45. The number of benzene rings is 4. The molecule has 6 rings (SSSR count). The van der Waals surface area contributed by atoms with Crippen LogP contribution in [0.15, 0.2) is 121 Å². The molecular formula is C45H45N3O7. The number of carboxylic acid groups (broad SMARTS) is 3. The lowest BCUT2D eigenvalue weighted by atomic mass is 9.79. The van der Waals surface area contributed by atoms with Crippen molar-refractivity contribution in [1.82, 2.24) is 5.32 Å². The Morgan fingerprint density at radius 1 is 0.782 bits per heavy atom. The third kappa shape index (κ3) is 7.71. The normalized spacial score (nSPS) is 17.2. The molecule has 0 saturated carbocycles. The summed E-state index contributed by atoms with van der Waals surface area (Å²) in [5.41, 5.74) is 5.40. The maximum Gasteiger partial charge on any atom is 0.326 e. The fourth-order valence-electron chi connectivity index (χ4n) is 8.09. The second-order valence-corrected chi connectivity index (χ2v) is 14.9. The molecule has 282 valence electrons. The second kappa shape index (κ2) is 15.6. The fourth-order valence-corrected chi connectivity index (χ4v) is 8.09. The lowest BCUT2D eigenvalue weighted by Crippen LogP contribution is -2.45. The van der Waals surface area contributed by atoms with Gasteiger partial charge < -0.3 is 30.3 Å². The molecule has 4 aromatic carbocycles. The largest absolute Gasteiger partial charge is 0.550 e. The van der Waals surface area contributed by atoms with Crippen LogP contribution in [0.5, 0.6) is 0 Å². The van der Waals surface area contributed by atoms with Crippen molar-refractivity contribution in [3.63, 3.8) is 0 Å². The minimum atomic E-state index is -1.58. The molecule has 0 aliphatic carbocycles. The molecule has 0 saturated heterocycles. The maximum absolute atomic E-state index is 12.9. The van der Waals surface area contributed by atoms with Gasteiger partial charge in [0.2, 0.25) is 11.6 Å². The summed E-state index contributed by atoms with van der Waals surface area (Å²) in [6.45, 7) is 9.20. The molecule has 0 bridgehead atoms. The smallest absolute Gasteiger partial charge is 0.326 e. The van der Waals surface area contributed by atoms with Gasteiger partial charge in [-0.15, -0.1) is 0 Å². The molecule has 3 N–H and O–H groups in total. The van der Waals surface area contributed by atoms with Crippen molar-refractivity contribution in [2.24, 2.45) is 0 Å². The van der Waals surface area contributed by atoms with Gasteiger partial charge in [0.15, 0.2) is 12.3 Å². The van der Waals surface area contributed by atoms with Gasteiger partial charge in [-0.1, -0.05) is 98.8 Å². The van der Waals surface area contributed by atoms with E-state index in [0.29, 0.717) is 6.54 Å². The van der Waals surface area contributed by atoms with Crippen LogP contribution in [-0.2, 0) is 30.0 Å². The molecule has 0 aromatic heterocycles. The van der Waals surface area contributed by atoms with Crippen LogP contribution >= 0.6 is 0 Å². The van der Waals surface area contributed by atoms with E-state index in [4.69, 9.17) is 0 Å². The number of hydrogen-bond donors (Lipinski definition) is 3. The van der Waals surface area contributed by atoms with Crippen molar-refractivity contribution >= 4 is 62.4 Å². The van der Waals surface area contributed by atoms with Gasteiger partial charge in [-0.05, 0) is 59.2 Å². The van der Waals surface area contributed by atoms with E-state index in [1.165, 1.54) is 5.56 Å². The minimum absolute atomic E-state index is 0.00984. The number of allylic oxidation sites excluding steroid dienone is 8. The zero-order chi connectivity index (χ0) is 39.5. The Bertz CT molecular complexity index is 2360. The number of carbonyl (C=O) groups excluding carboxylic acids is 2. The number of carbonyl (C=O) groups is 4. The predicted octanol–water partition coefficient (Wildman–Crippen LogP) is 6.29. The molecule has 0 spiro atoms. The van der Waals surface area contributed by atoms with Gasteiger partial charge in [-0.2, -0.15) is 4.58 Å². The molecule has 1 unspecified atom stereocenters. The highest BCUT2D eigenvalue weighted by Crippen LogP contribution is 2.51.